The van der Waals surface area contributed by atoms with Gasteiger partial charge >= 0.3 is 0 Å². The second-order valence-electron chi connectivity index (χ2n) is 7.18. The number of nitrogens with zero attached hydrogens (tertiary/aromatic N) is 3. The highest BCUT2D eigenvalue weighted by atomic mass is 32.1. The number of hydrogen-bond donors (Lipinski definition) is 1. The second-order valence-corrected chi connectivity index (χ2v) is 8.21. The highest BCUT2D eigenvalue weighted by Crippen LogP contribution is 2.32. The van der Waals surface area contributed by atoms with Crippen LogP contribution in [0, 0.1) is 34.1 Å². The van der Waals surface area contributed by atoms with Crippen LogP contribution in [0.4, 0.5) is 17.1 Å². The topological polar surface area (TPSA) is 128 Å². The molecule has 0 aliphatic carbocycles. The number of anilines is 1. The zero-order valence-corrected chi connectivity index (χ0v) is 17.8. The Morgan fingerprint density at radius 3 is 2.16 bits per heavy atom. The quantitative estimate of drug-likeness (QED) is 0.310. The lowest BCUT2D eigenvalue weighted by atomic mass is 10.1. The Balaban J connectivity index is 1.59. The molecule has 0 radical (unpaired) electrons. The van der Waals surface area contributed by atoms with Gasteiger partial charge in [0.25, 0.3) is 17.3 Å². The molecule has 0 saturated carbocycles. The molecule has 32 heavy (non-hydrogen) atoms. The number of hydrogen-bond acceptors (Lipinski definition) is 7. The molecule has 0 fully saturated rings. The normalized spacial score (nSPS) is 10.8. The first-order valence-corrected chi connectivity index (χ1v) is 10.3. The molecule has 0 aliphatic heterocycles. The summed E-state index contributed by atoms with van der Waals surface area (Å²) in [6.07, 6.45) is 0. The predicted molar refractivity (Wildman–Crippen MR) is 122 cm³/mol. The van der Waals surface area contributed by atoms with Crippen molar-refractivity contribution < 1.29 is 14.6 Å². The number of carbonyl (C=O) groups is 1. The maximum atomic E-state index is 12.6. The van der Waals surface area contributed by atoms with Crippen molar-refractivity contribution in [3.63, 3.8) is 0 Å². The van der Waals surface area contributed by atoms with Gasteiger partial charge in [-0.05, 0) is 55.8 Å². The molecule has 160 valence electrons. The van der Waals surface area contributed by atoms with Crippen LogP contribution in [0.2, 0.25) is 0 Å². The number of aryl methyl sites for hydroxylation is 1. The molecule has 4 aromatic rings. The van der Waals surface area contributed by atoms with E-state index in [4.69, 9.17) is 0 Å². The minimum Gasteiger partial charge on any atom is -0.322 e. The van der Waals surface area contributed by atoms with E-state index in [0.717, 1.165) is 38.5 Å². The minimum absolute atomic E-state index is 0.105. The predicted octanol–water partition coefficient (Wildman–Crippen LogP) is 5.65. The summed E-state index contributed by atoms with van der Waals surface area (Å²) in [5, 5.41) is 25.9. The third-order valence-electron chi connectivity index (χ3n) is 4.94. The zero-order valence-electron chi connectivity index (χ0n) is 17.0. The number of nitrogens with one attached hydrogen (secondary N) is 1. The van der Waals surface area contributed by atoms with Crippen molar-refractivity contribution >= 4 is 44.5 Å². The summed E-state index contributed by atoms with van der Waals surface area (Å²) < 4.78 is 1.08. The van der Waals surface area contributed by atoms with Crippen LogP contribution in [-0.4, -0.2) is 20.7 Å². The molecule has 9 nitrogen and oxygen atoms in total. The molecular weight excluding hydrogens is 432 g/mol. The van der Waals surface area contributed by atoms with Gasteiger partial charge in [0.2, 0.25) is 0 Å². The lowest BCUT2D eigenvalue weighted by Crippen LogP contribution is -2.13. The largest absolute Gasteiger partial charge is 0.322 e. The van der Waals surface area contributed by atoms with Gasteiger partial charge in [-0.2, -0.15) is 0 Å². The van der Waals surface area contributed by atoms with E-state index < -0.39 is 27.1 Å². The van der Waals surface area contributed by atoms with Crippen LogP contribution in [0.3, 0.4) is 0 Å². The van der Waals surface area contributed by atoms with Gasteiger partial charge in [0.15, 0.2) is 0 Å². The SMILES string of the molecule is Cc1ccc2nc(-c3ccc(NC(=O)c4cc([N+](=O)[O-])c(C)c([N+](=O)[O-])c4)cc3)sc2c1. The first-order valence-electron chi connectivity index (χ1n) is 9.45. The van der Waals surface area contributed by atoms with Crippen LogP contribution in [0.25, 0.3) is 20.8 Å². The van der Waals surface area contributed by atoms with E-state index in [1.54, 1.807) is 35.6 Å². The summed E-state index contributed by atoms with van der Waals surface area (Å²) in [5.41, 5.74) is 2.16. The van der Waals surface area contributed by atoms with E-state index in [1.807, 2.05) is 19.1 Å². The van der Waals surface area contributed by atoms with Crippen LogP contribution < -0.4 is 5.32 Å². The Morgan fingerprint density at radius 1 is 0.938 bits per heavy atom. The number of benzene rings is 3. The molecule has 0 unspecified atom stereocenters. The molecule has 0 bridgehead atoms. The molecule has 0 atom stereocenters. The maximum absolute atomic E-state index is 12.6. The Bertz CT molecular complexity index is 1360. The molecule has 1 aromatic heterocycles. The summed E-state index contributed by atoms with van der Waals surface area (Å²) in [6, 6.07) is 15.1. The molecule has 1 heterocycles. The molecule has 0 saturated heterocycles. The van der Waals surface area contributed by atoms with Crippen molar-refractivity contribution in [2.75, 3.05) is 5.32 Å². The van der Waals surface area contributed by atoms with Gasteiger partial charge in [-0.15, -0.1) is 11.3 Å². The molecule has 0 aliphatic rings. The maximum Gasteiger partial charge on any atom is 0.279 e. The molecule has 4 rings (SSSR count). The van der Waals surface area contributed by atoms with E-state index in [1.165, 1.54) is 6.92 Å². The Kier molecular flexibility index (Phi) is 5.37. The van der Waals surface area contributed by atoms with E-state index in [9.17, 15) is 25.0 Å². The van der Waals surface area contributed by atoms with E-state index >= 15 is 0 Å². The highest BCUT2D eigenvalue weighted by Gasteiger charge is 2.25. The van der Waals surface area contributed by atoms with Gasteiger partial charge in [-0.1, -0.05) is 6.07 Å². The van der Waals surface area contributed by atoms with E-state index in [0.29, 0.717) is 5.69 Å². The van der Waals surface area contributed by atoms with Gasteiger partial charge < -0.3 is 5.32 Å². The number of rotatable bonds is 5. The van der Waals surface area contributed by atoms with Crippen molar-refractivity contribution in [3.8, 4) is 10.6 Å². The zero-order chi connectivity index (χ0) is 23.0. The van der Waals surface area contributed by atoms with E-state index in [2.05, 4.69) is 16.4 Å². The van der Waals surface area contributed by atoms with Crippen LogP contribution in [-0.2, 0) is 0 Å². The first kappa shape index (κ1) is 21.1. The standard InChI is InChI=1S/C22H16N4O5S/c1-12-3-8-17-20(9-12)32-22(24-17)14-4-6-16(7-5-14)23-21(27)15-10-18(25(28)29)13(2)19(11-15)26(30)31/h3-11H,1-2H3,(H,23,27). The molecular formula is C22H16N4O5S. The molecule has 0 spiro atoms. The summed E-state index contributed by atoms with van der Waals surface area (Å²) in [5.74, 6) is -0.681. The fourth-order valence-corrected chi connectivity index (χ4v) is 4.32. The first-order chi connectivity index (χ1) is 15.2. The molecule has 3 aromatic carbocycles. The fourth-order valence-electron chi connectivity index (χ4n) is 3.25. The van der Waals surface area contributed by atoms with Crippen LogP contribution in [0.1, 0.15) is 21.5 Å². The van der Waals surface area contributed by atoms with Crippen molar-refractivity contribution in [1.29, 1.82) is 0 Å². The van der Waals surface area contributed by atoms with Gasteiger partial charge in [0.05, 0.1) is 25.6 Å². The fraction of sp³-hybridized carbons (Fsp3) is 0.0909. The smallest absolute Gasteiger partial charge is 0.279 e. The van der Waals surface area contributed by atoms with E-state index in [-0.39, 0.29) is 11.1 Å². The average Bonchev–Trinajstić information content (AvgIpc) is 3.17. The molecule has 10 heteroatoms. The molecule has 1 N–H and O–H groups in total. The van der Waals surface area contributed by atoms with Crippen molar-refractivity contribution in [2.45, 2.75) is 13.8 Å². The van der Waals surface area contributed by atoms with Gasteiger partial charge in [0, 0.05) is 23.4 Å². The van der Waals surface area contributed by atoms with Gasteiger partial charge in [-0.3, -0.25) is 25.0 Å². The van der Waals surface area contributed by atoms with Crippen molar-refractivity contribution in [2.24, 2.45) is 0 Å². The Labute approximate surface area is 185 Å². The Hall–Kier alpha value is -4.18. The van der Waals surface area contributed by atoms with Gasteiger partial charge in [0.1, 0.15) is 10.6 Å². The summed E-state index contributed by atoms with van der Waals surface area (Å²) in [4.78, 5) is 38.2. The van der Waals surface area contributed by atoms with Crippen molar-refractivity contribution in [3.05, 3.63) is 91.5 Å². The summed E-state index contributed by atoms with van der Waals surface area (Å²) >= 11 is 1.56. The number of fused-ring (bicyclic) bond motifs is 1. The van der Waals surface area contributed by atoms with Crippen molar-refractivity contribution in [1.82, 2.24) is 4.98 Å². The molecule has 1 amide bonds. The number of nitro groups is 2. The number of nitro benzene ring substituents is 2. The summed E-state index contributed by atoms with van der Waals surface area (Å²) in [6.45, 7) is 3.30. The highest BCUT2D eigenvalue weighted by molar-refractivity contribution is 7.21. The average molecular weight is 448 g/mol. The number of aromatic nitrogens is 1. The Morgan fingerprint density at radius 2 is 1.56 bits per heavy atom. The third-order valence-corrected chi connectivity index (χ3v) is 6.01. The lowest BCUT2D eigenvalue weighted by Gasteiger charge is -2.07. The van der Waals surface area contributed by atoms with Crippen LogP contribution >= 0.6 is 11.3 Å². The third kappa shape index (κ3) is 4.03. The lowest BCUT2D eigenvalue weighted by molar-refractivity contribution is -0.395. The number of thiazole rings is 1. The monoisotopic (exact) mass is 448 g/mol. The van der Waals surface area contributed by atoms with Gasteiger partial charge in [-0.25, -0.2) is 4.98 Å². The number of amides is 1. The number of carbonyl (C=O) groups excluding carboxylic acids is 1. The minimum atomic E-state index is -0.743. The van der Waals surface area contributed by atoms with Crippen LogP contribution in [0.5, 0.6) is 0 Å². The van der Waals surface area contributed by atoms with Crippen LogP contribution in [0.15, 0.2) is 54.6 Å². The second kappa shape index (κ2) is 8.16. The summed E-state index contributed by atoms with van der Waals surface area (Å²) in [7, 11) is 0.